The van der Waals surface area contributed by atoms with Crippen LogP contribution in [0, 0.1) is 0 Å². The van der Waals surface area contributed by atoms with Crippen LogP contribution in [0.1, 0.15) is 19.4 Å². The Bertz CT molecular complexity index is 932. The monoisotopic (exact) mass is 369 g/mol. The summed E-state index contributed by atoms with van der Waals surface area (Å²) in [5.41, 5.74) is 3.16. The summed E-state index contributed by atoms with van der Waals surface area (Å²) in [5, 5.41) is 3.23. The van der Waals surface area contributed by atoms with Crippen molar-refractivity contribution < 1.29 is 19.0 Å². The normalized spacial score (nSPS) is 10.9. The summed E-state index contributed by atoms with van der Waals surface area (Å²) in [4.78, 5) is 19.3. The number of fused-ring (bicyclic) bond motifs is 1. The van der Waals surface area contributed by atoms with Gasteiger partial charge >= 0.3 is 5.97 Å². The minimum absolute atomic E-state index is 0.133. The maximum absolute atomic E-state index is 11.6. The molecule has 0 atom stereocenters. The van der Waals surface area contributed by atoms with Gasteiger partial charge in [-0.3, -0.25) is 4.79 Å². The first kappa shape index (κ1) is 18.6. The maximum atomic E-state index is 11.6. The van der Waals surface area contributed by atoms with Crippen LogP contribution < -0.4 is 14.8 Å². The van der Waals surface area contributed by atoms with E-state index in [2.05, 4.69) is 15.3 Å². The SMILES string of the molecule is COC(=O)Cc1cc2[nH]c(Nc3ccc(OC(C)C)cc3)nc2cc1OC. The lowest BCUT2D eigenvalue weighted by molar-refractivity contribution is -0.139. The van der Waals surface area contributed by atoms with Crippen LogP contribution in [0.5, 0.6) is 11.5 Å². The van der Waals surface area contributed by atoms with Gasteiger partial charge in [0.15, 0.2) is 0 Å². The quantitative estimate of drug-likeness (QED) is 0.616. The zero-order valence-corrected chi connectivity index (χ0v) is 15.8. The van der Waals surface area contributed by atoms with Crippen molar-refractivity contribution in [3.63, 3.8) is 0 Å². The van der Waals surface area contributed by atoms with Crippen LogP contribution in [0.4, 0.5) is 11.6 Å². The minimum Gasteiger partial charge on any atom is -0.496 e. The lowest BCUT2D eigenvalue weighted by Gasteiger charge is -2.10. The fourth-order valence-corrected chi connectivity index (χ4v) is 2.72. The van der Waals surface area contributed by atoms with Gasteiger partial charge in [0.1, 0.15) is 11.5 Å². The van der Waals surface area contributed by atoms with E-state index in [-0.39, 0.29) is 18.5 Å². The number of hydrogen-bond acceptors (Lipinski definition) is 6. The molecule has 0 amide bonds. The zero-order valence-electron chi connectivity index (χ0n) is 15.8. The number of imidazole rings is 1. The summed E-state index contributed by atoms with van der Waals surface area (Å²) in [5.74, 6) is 1.69. The second kappa shape index (κ2) is 7.99. The van der Waals surface area contributed by atoms with Crippen molar-refractivity contribution in [2.24, 2.45) is 0 Å². The Morgan fingerprint density at radius 3 is 2.56 bits per heavy atom. The Morgan fingerprint density at radius 2 is 1.93 bits per heavy atom. The number of nitrogens with zero attached hydrogens (tertiary/aromatic N) is 1. The lowest BCUT2D eigenvalue weighted by Crippen LogP contribution is -2.05. The molecule has 0 aliphatic rings. The van der Waals surface area contributed by atoms with Gasteiger partial charge in [-0.05, 0) is 44.2 Å². The van der Waals surface area contributed by atoms with E-state index >= 15 is 0 Å². The number of benzene rings is 2. The summed E-state index contributed by atoms with van der Waals surface area (Å²) in [6, 6.07) is 11.3. The van der Waals surface area contributed by atoms with Gasteiger partial charge in [0.05, 0.1) is 37.8 Å². The Labute approximate surface area is 157 Å². The number of ether oxygens (including phenoxy) is 3. The lowest BCUT2D eigenvalue weighted by atomic mass is 10.1. The van der Waals surface area contributed by atoms with E-state index < -0.39 is 0 Å². The average molecular weight is 369 g/mol. The molecule has 2 aromatic carbocycles. The number of methoxy groups -OCH3 is 2. The summed E-state index contributed by atoms with van der Waals surface area (Å²) in [6.45, 7) is 3.98. The first-order chi connectivity index (χ1) is 13.0. The number of nitrogens with one attached hydrogen (secondary N) is 2. The van der Waals surface area contributed by atoms with Gasteiger partial charge < -0.3 is 24.5 Å². The second-order valence-corrected chi connectivity index (χ2v) is 6.34. The number of hydrogen-bond donors (Lipinski definition) is 2. The minimum atomic E-state index is -0.325. The Balaban J connectivity index is 1.82. The van der Waals surface area contributed by atoms with Crippen molar-refractivity contribution in [1.82, 2.24) is 9.97 Å². The van der Waals surface area contributed by atoms with Gasteiger partial charge in [0.25, 0.3) is 0 Å². The smallest absolute Gasteiger partial charge is 0.310 e. The largest absolute Gasteiger partial charge is 0.496 e. The average Bonchev–Trinajstić information content (AvgIpc) is 3.03. The number of aromatic nitrogens is 2. The molecule has 0 aliphatic heterocycles. The molecule has 0 saturated carbocycles. The summed E-state index contributed by atoms with van der Waals surface area (Å²) < 4.78 is 15.8. The highest BCUT2D eigenvalue weighted by Gasteiger charge is 2.13. The molecule has 7 nitrogen and oxygen atoms in total. The van der Waals surface area contributed by atoms with Gasteiger partial charge in [0.2, 0.25) is 5.95 Å². The maximum Gasteiger partial charge on any atom is 0.310 e. The molecule has 1 aromatic heterocycles. The summed E-state index contributed by atoms with van der Waals surface area (Å²) >= 11 is 0. The topological polar surface area (TPSA) is 85.5 Å². The molecular weight excluding hydrogens is 346 g/mol. The van der Waals surface area contributed by atoms with Gasteiger partial charge in [-0.1, -0.05) is 0 Å². The van der Waals surface area contributed by atoms with Gasteiger partial charge in [-0.15, -0.1) is 0 Å². The van der Waals surface area contributed by atoms with E-state index in [0.717, 1.165) is 28.0 Å². The number of aromatic amines is 1. The van der Waals surface area contributed by atoms with Gasteiger partial charge in [-0.2, -0.15) is 0 Å². The third-order valence-corrected chi connectivity index (χ3v) is 3.94. The Hall–Kier alpha value is -3.22. The molecular formula is C20H23N3O4. The van der Waals surface area contributed by atoms with Crippen LogP contribution in [0.25, 0.3) is 11.0 Å². The third kappa shape index (κ3) is 4.49. The van der Waals surface area contributed by atoms with Crippen LogP contribution >= 0.6 is 0 Å². The van der Waals surface area contributed by atoms with Crippen molar-refractivity contribution in [3.8, 4) is 11.5 Å². The molecule has 0 aliphatic carbocycles. The standard InChI is InChI=1S/C20H23N3O4/c1-12(2)27-15-7-5-14(6-8-15)21-20-22-16-9-13(10-19(24)26-4)18(25-3)11-17(16)23-20/h5-9,11-12H,10H2,1-4H3,(H2,21,22,23). The second-order valence-electron chi connectivity index (χ2n) is 6.34. The molecule has 0 spiro atoms. The van der Waals surface area contributed by atoms with E-state index in [0.29, 0.717) is 11.7 Å². The van der Waals surface area contributed by atoms with Crippen molar-refractivity contribution in [2.75, 3.05) is 19.5 Å². The fraction of sp³-hybridized carbons (Fsp3) is 0.300. The number of H-pyrrole nitrogens is 1. The molecule has 27 heavy (non-hydrogen) atoms. The van der Waals surface area contributed by atoms with Crippen LogP contribution in [-0.4, -0.2) is 36.3 Å². The zero-order chi connectivity index (χ0) is 19.4. The highest BCUT2D eigenvalue weighted by Crippen LogP contribution is 2.27. The molecule has 0 saturated heterocycles. The Kier molecular flexibility index (Phi) is 5.49. The highest BCUT2D eigenvalue weighted by atomic mass is 16.5. The highest BCUT2D eigenvalue weighted by molar-refractivity contribution is 5.83. The van der Waals surface area contributed by atoms with E-state index in [1.807, 2.05) is 44.2 Å². The fourth-order valence-electron chi connectivity index (χ4n) is 2.72. The van der Waals surface area contributed by atoms with E-state index in [1.165, 1.54) is 7.11 Å². The summed E-state index contributed by atoms with van der Waals surface area (Å²) in [6.07, 6.45) is 0.266. The summed E-state index contributed by atoms with van der Waals surface area (Å²) in [7, 11) is 2.93. The number of anilines is 2. The van der Waals surface area contributed by atoms with E-state index in [4.69, 9.17) is 14.2 Å². The van der Waals surface area contributed by atoms with Crippen molar-refractivity contribution in [1.29, 1.82) is 0 Å². The predicted octanol–water partition coefficient (Wildman–Crippen LogP) is 3.82. The van der Waals surface area contributed by atoms with Gasteiger partial charge in [-0.25, -0.2) is 4.98 Å². The molecule has 0 bridgehead atoms. The molecule has 7 heteroatoms. The number of rotatable bonds is 7. The third-order valence-electron chi connectivity index (χ3n) is 3.94. The number of carbonyl (C=O) groups is 1. The molecule has 3 aromatic rings. The molecule has 0 unspecified atom stereocenters. The molecule has 142 valence electrons. The van der Waals surface area contributed by atoms with Crippen LogP contribution in [0.15, 0.2) is 36.4 Å². The van der Waals surface area contributed by atoms with Crippen LogP contribution in [-0.2, 0) is 16.0 Å². The number of carbonyl (C=O) groups excluding carboxylic acids is 1. The van der Waals surface area contributed by atoms with Gasteiger partial charge in [0, 0.05) is 17.3 Å². The first-order valence-corrected chi connectivity index (χ1v) is 8.65. The van der Waals surface area contributed by atoms with E-state index in [1.54, 1.807) is 13.2 Å². The van der Waals surface area contributed by atoms with Crippen LogP contribution in [0.3, 0.4) is 0 Å². The first-order valence-electron chi connectivity index (χ1n) is 8.65. The van der Waals surface area contributed by atoms with E-state index in [9.17, 15) is 4.79 Å². The molecule has 3 rings (SSSR count). The Morgan fingerprint density at radius 1 is 1.19 bits per heavy atom. The molecule has 1 heterocycles. The van der Waals surface area contributed by atoms with Crippen molar-refractivity contribution >= 4 is 28.6 Å². The van der Waals surface area contributed by atoms with Crippen molar-refractivity contribution in [2.45, 2.75) is 26.4 Å². The molecule has 0 fully saturated rings. The molecule has 2 N–H and O–H groups in total. The molecule has 0 radical (unpaired) electrons. The van der Waals surface area contributed by atoms with Crippen molar-refractivity contribution in [3.05, 3.63) is 42.0 Å². The predicted molar refractivity (Wildman–Crippen MR) is 104 cm³/mol. The number of esters is 1. The van der Waals surface area contributed by atoms with Crippen LogP contribution in [0.2, 0.25) is 0 Å².